The summed E-state index contributed by atoms with van der Waals surface area (Å²) in [5.74, 6) is 0. The number of thiazole rings is 1. The number of likely N-dealkylation sites (N-methyl/N-ethyl adjacent to an activating group) is 1. The molecule has 1 aromatic carbocycles. The van der Waals surface area contributed by atoms with Crippen LogP contribution in [0.1, 0.15) is 43.4 Å². The maximum absolute atomic E-state index is 6.06. The molecule has 1 unspecified atom stereocenters. The van der Waals surface area contributed by atoms with Crippen molar-refractivity contribution in [3.63, 3.8) is 0 Å². The zero-order chi connectivity index (χ0) is 16.6. The van der Waals surface area contributed by atoms with Crippen molar-refractivity contribution >= 4 is 28.1 Å². The lowest BCUT2D eigenvalue weighted by molar-refractivity contribution is 0.295. The zero-order valence-corrected chi connectivity index (χ0v) is 15.7. The van der Waals surface area contributed by atoms with Gasteiger partial charge in [0.1, 0.15) is 0 Å². The van der Waals surface area contributed by atoms with Crippen LogP contribution in [0.3, 0.4) is 0 Å². The highest BCUT2D eigenvalue weighted by atomic mass is 35.5. The van der Waals surface area contributed by atoms with Gasteiger partial charge in [0.05, 0.1) is 5.69 Å². The smallest absolute Gasteiger partial charge is 0.182 e. The van der Waals surface area contributed by atoms with Crippen molar-refractivity contribution in [2.45, 2.75) is 43.6 Å². The number of nitrogens with zero attached hydrogens (tertiary/aromatic N) is 2. The van der Waals surface area contributed by atoms with Gasteiger partial charge in [0.15, 0.2) is 5.13 Å². The molecule has 1 saturated carbocycles. The van der Waals surface area contributed by atoms with E-state index in [4.69, 9.17) is 16.6 Å². The van der Waals surface area contributed by atoms with E-state index >= 15 is 0 Å². The first-order valence-corrected chi connectivity index (χ1v) is 10.1. The fourth-order valence-corrected chi connectivity index (χ4v) is 4.95. The van der Waals surface area contributed by atoms with Crippen LogP contribution >= 0.6 is 22.9 Å². The van der Waals surface area contributed by atoms with E-state index in [0.29, 0.717) is 6.04 Å². The number of nitrogens with one attached hydrogen (secondary N) is 1. The van der Waals surface area contributed by atoms with E-state index in [9.17, 15) is 0 Å². The van der Waals surface area contributed by atoms with Gasteiger partial charge in [-0.3, -0.25) is 0 Å². The van der Waals surface area contributed by atoms with Gasteiger partial charge in [0.2, 0.25) is 0 Å². The number of hydrogen-bond acceptors (Lipinski definition) is 4. The molecule has 1 atom stereocenters. The van der Waals surface area contributed by atoms with Crippen LogP contribution in [0.5, 0.6) is 0 Å². The zero-order valence-electron chi connectivity index (χ0n) is 14.1. The lowest BCUT2D eigenvalue weighted by Gasteiger charge is -2.41. The first kappa shape index (κ1) is 16.4. The van der Waals surface area contributed by atoms with E-state index in [1.807, 2.05) is 12.1 Å². The second kappa shape index (κ2) is 6.66. The Kier molecular flexibility index (Phi) is 4.54. The second-order valence-electron chi connectivity index (χ2n) is 7.14. The summed E-state index contributed by atoms with van der Waals surface area (Å²) in [5.41, 5.74) is 2.68. The molecule has 0 spiro atoms. The third-order valence-corrected chi connectivity index (χ3v) is 6.81. The number of likely N-dealkylation sites (tertiary alicyclic amines) is 1. The minimum Gasteiger partial charge on any atom is -0.360 e. The Labute approximate surface area is 153 Å². The average molecular weight is 362 g/mol. The summed E-state index contributed by atoms with van der Waals surface area (Å²) in [4.78, 5) is 7.39. The maximum Gasteiger partial charge on any atom is 0.182 e. The molecule has 1 aromatic heterocycles. The number of benzene rings is 1. The highest BCUT2D eigenvalue weighted by Crippen LogP contribution is 2.49. The van der Waals surface area contributed by atoms with Crippen LogP contribution in [0.15, 0.2) is 29.6 Å². The van der Waals surface area contributed by atoms with Crippen LogP contribution in [0, 0.1) is 0 Å². The summed E-state index contributed by atoms with van der Waals surface area (Å²) in [5, 5.41) is 7.67. The Morgan fingerprint density at radius 2 is 2.08 bits per heavy atom. The predicted molar refractivity (Wildman–Crippen MR) is 102 cm³/mol. The Hall–Kier alpha value is -1.10. The third kappa shape index (κ3) is 2.96. The average Bonchev–Trinajstić information content (AvgIpc) is 3.15. The molecular weight excluding hydrogens is 338 g/mol. The molecule has 2 fully saturated rings. The van der Waals surface area contributed by atoms with Crippen LogP contribution < -0.4 is 5.32 Å². The molecule has 0 radical (unpaired) electrons. The van der Waals surface area contributed by atoms with Crippen molar-refractivity contribution < 1.29 is 0 Å². The quantitative estimate of drug-likeness (QED) is 0.831. The van der Waals surface area contributed by atoms with Gasteiger partial charge in [-0.15, -0.1) is 11.3 Å². The number of rotatable bonds is 5. The molecule has 1 aliphatic heterocycles. The molecule has 0 amide bonds. The molecule has 2 aliphatic rings. The minimum atomic E-state index is 0.102. The fraction of sp³-hybridized carbons (Fsp3) is 0.526. The molecule has 3 nitrogen and oxygen atoms in total. The van der Waals surface area contributed by atoms with Gasteiger partial charge in [-0.2, -0.15) is 0 Å². The lowest BCUT2D eigenvalue weighted by Crippen LogP contribution is -2.36. The van der Waals surface area contributed by atoms with Crippen LogP contribution in [-0.2, 0) is 5.41 Å². The van der Waals surface area contributed by atoms with Crippen LogP contribution in [0.4, 0.5) is 5.13 Å². The van der Waals surface area contributed by atoms with Gasteiger partial charge in [0.25, 0.3) is 0 Å². The highest BCUT2D eigenvalue weighted by molar-refractivity contribution is 7.13. The Balaban J connectivity index is 1.49. The monoisotopic (exact) mass is 361 g/mol. The van der Waals surface area contributed by atoms with Crippen LogP contribution in [0.25, 0.3) is 0 Å². The molecular formula is C19H24ClN3S. The maximum atomic E-state index is 6.06. The molecule has 24 heavy (non-hydrogen) atoms. The van der Waals surface area contributed by atoms with Crippen molar-refractivity contribution in [1.29, 1.82) is 0 Å². The highest BCUT2D eigenvalue weighted by Gasteiger charge is 2.42. The van der Waals surface area contributed by atoms with Crippen LogP contribution in [0.2, 0.25) is 5.02 Å². The van der Waals surface area contributed by atoms with Gasteiger partial charge in [-0.25, -0.2) is 4.98 Å². The topological polar surface area (TPSA) is 28.2 Å². The fourth-order valence-electron chi connectivity index (χ4n) is 4.01. The normalized spacial score (nSPS) is 23.2. The van der Waals surface area contributed by atoms with Gasteiger partial charge >= 0.3 is 0 Å². The largest absolute Gasteiger partial charge is 0.360 e. The summed E-state index contributed by atoms with van der Waals surface area (Å²) < 4.78 is 0. The molecule has 2 heterocycles. The van der Waals surface area contributed by atoms with E-state index < -0.39 is 0 Å². The molecule has 0 bridgehead atoms. The molecule has 1 N–H and O–H groups in total. The number of hydrogen-bond donors (Lipinski definition) is 1. The first-order chi connectivity index (χ1) is 11.7. The van der Waals surface area contributed by atoms with Crippen molar-refractivity contribution in [1.82, 2.24) is 9.88 Å². The van der Waals surface area contributed by atoms with Gasteiger partial charge in [-0.1, -0.05) is 30.2 Å². The Morgan fingerprint density at radius 3 is 2.71 bits per heavy atom. The van der Waals surface area contributed by atoms with Gasteiger partial charge in [-0.05, 0) is 57.0 Å². The van der Waals surface area contributed by atoms with Gasteiger partial charge in [0, 0.05) is 28.4 Å². The molecule has 5 heteroatoms. The molecule has 1 aliphatic carbocycles. The summed E-state index contributed by atoms with van der Waals surface area (Å²) in [6, 6.07) is 8.98. The first-order valence-electron chi connectivity index (χ1n) is 8.83. The number of anilines is 1. The summed E-state index contributed by atoms with van der Waals surface area (Å²) >= 11 is 7.80. The van der Waals surface area contributed by atoms with Crippen molar-refractivity contribution in [3.8, 4) is 0 Å². The van der Waals surface area contributed by atoms with Crippen molar-refractivity contribution in [3.05, 3.63) is 45.9 Å². The molecule has 128 valence electrons. The molecule has 4 rings (SSSR count). The SMILES string of the molecule is CN1CCCC1CNc1nc(C2(c3ccc(Cl)cc3)CCC2)cs1. The van der Waals surface area contributed by atoms with Crippen molar-refractivity contribution in [2.75, 3.05) is 25.5 Å². The number of halogens is 1. The van der Waals surface area contributed by atoms with Gasteiger partial charge < -0.3 is 10.2 Å². The lowest BCUT2D eigenvalue weighted by atomic mass is 9.63. The molecule has 1 saturated heterocycles. The van der Waals surface area contributed by atoms with E-state index in [0.717, 1.165) is 16.7 Å². The summed E-state index contributed by atoms with van der Waals surface area (Å²) in [7, 11) is 2.22. The summed E-state index contributed by atoms with van der Waals surface area (Å²) in [6.07, 6.45) is 6.24. The van der Waals surface area contributed by atoms with Crippen molar-refractivity contribution in [2.24, 2.45) is 0 Å². The second-order valence-corrected chi connectivity index (χ2v) is 8.43. The van der Waals surface area contributed by atoms with E-state index in [1.54, 1.807) is 11.3 Å². The standard InChI is InChI=1S/C19H24ClN3S/c1-23-11-2-4-16(23)12-21-18-22-17(13-24-18)19(9-3-10-19)14-5-7-15(20)8-6-14/h5-8,13,16H,2-4,9-12H2,1H3,(H,21,22). The van der Waals surface area contributed by atoms with E-state index in [1.165, 1.54) is 49.9 Å². The number of aromatic nitrogens is 1. The Bertz CT molecular complexity index is 693. The molecule has 2 aromatic rings. The predicted octanol–water partition coefficient (Wildman–Crippen LogP) is 4.77. The van der Waals surface area contributed by atoms with E-state index in [2.05, 4.69) is 34.8 Å². The van der Waals surface area contributed by atoms with E-state index in [-0.39, 0.29) is 5.41 Å². The summed E-state index contributed by atoms with van der Waals surface area (Å²) in [6.45, 7) is 2.21. The Morgan fingerprint density at radius 1 is 1.29 bits per heavy atom. The van der Waals surface area contributed by atoms with Crippen LogP contribution in [-0.4, -0.2) is 36.1 Å². The third-order valence-electron chi connectivity index (χ3n) is 5.76. The minimum absolute atomic E-state index is 0.102.